The van der Waals surface area contributed by atoms with Gasteiger partial charge in [-0.2, -0.15) is 0 Å². The zero-order valence-corrected chi connectivity index (χ0v) is 21.8. The summed E-state index contributed by atoms with van der Waals surface area (Å²) in [5, 5.41) is 11.9. The van der Waals surface area contributed by atoms with E-state index in [1.54, 1.807) is 12.3 Å². The topological polar surface area (TPSA) is 71.9 Å². The first-order chi connectivity index (χ1) is 19.0. The highest BCUT2D eigenvalue weighted by Crippen LogP contribution is 2.30. The molecule has 6 heteroatoms. The van der Waals surface area contributed by atoms with E-state index >= 15 is 0 Å². The van der Waals surface area contributed by atoms with Crippen LogP contribution in [0.25, 0.3) is 33.0 Å². The van der Waals surface area contributed by atoms with Crippen molar-refractivity contribution in [3.63, 3.8) is 0 Å². The zero-order valence-electron chi connectivity index (χ0n) is 21.8. The number of fused-ring (bicyclic) bond motifs is 1. The van der Waals surface area contributed by atoms with Crippen molar-refractivity contribution in [2.24, 2.45) is 4.99 Å². The van der Waals surface area contributed by atoms with Crippen molar-refractivity contribution in [3.05, 3.63) is 113 Å². The molecular weight excluding hydrogens is 484 g/mol. The number of rotatable bonds is 5. The summed E-state index contributed by atoms with van der Waals surface area (Å²) in [6, 6.07) is 32.4. The predicted octanol–water partition coefficient (Wildman–Crippen LogP) is 6.07. The number of hydrogen-bond donors (Lipinski definition) is 2. The molecule has 1 fully saturated rings. The molecule has 5 aromatic rings. The van der Waals surface area contributed by atoms with Crippen molar-refractivity contribution in [1.82, 2.24) is 9.88 Å². The summed E-state index contributed by atoms with van der Waals surface area (Å²) in [4.78, 5) is 24.6. The molecular formula is C33H30N4O2. The van der Waals surface area contributed by atoms with E-state index < -0.39 is 0 Å². The summed E-state index contributed by atoms with van der Waals surface area (Å²) in [5.41, 5.74) is 6.34. The quantitative estimate of drug-likeness (QED) is 0.279. The maximum atomic E-state index is 12.7. The summed E-state index contributed by atoms with van der Waals surface area (Å²) in [5.74, 6) is -0.194. The van der Waals surface area contributed by atoms with Gasteiger partial charge < -0.3 is 14.9 Å². The van der Waals surface area contributed by atoms with Gasteiger partial charge in [-0.1, -0.05) is 54.6 Å². The van der Waals surface area contributed by atoms with Gasteiger partial charge in [-0.05, 0) is 71.8 Å². The molecule has 1 aromatic heterocycles. The fourth-order valence-corrected chi connectivity index (χ4v) is 5.11. The summed E-state index contributed by atoms with van der Waals surface area (Å²) in [6.45, 7) is 4.12. The van der Waals surface area contributed by atoms with Crippen LogP contribution < -0.4 is 10.5 Å². The number of likely N-dealkylation sites (N-methyl/N-ethyl adjacent to an activating group) is 1. The van der Waals surface area contributed by atoms with Gasteiger partial charge in [0.15, 0.2) is 0 Å². The van der Waals surface area contributed by atoms with E-state index in [1.807, 2.05) is 48.5 Å². The van der Waals surface area contributed by atoms with Crippen molar-refractivity contribution in [2.45, 2.75) is 0 Å². The number of benzene rings is 4. The summed E-state index contributed by atoms with van der Waals surface area (Å²) >= 11 is 0. The molecule has 0 amide bonds. The molecule has 0 atom stereocenters. The van der Waals surface area contributed by atoms with E-state index in [0.717, 1.165) is 54.1 Å². The van der Waals surface area contributed by atoms with Crippen molar-refractivity contribution in [3.8, 4) is 28.1 Å². The second-order valence-electron chi connectivity index (χ2n) is 9.99. The lowest BCUT2D eigenvalue weighted by atomic mass is 9.96. The molecule has 6 nitrogen and oxygen atoms in total. The third kappa shape index (κ3) is 5.19. The predicted molar refractivity (Wildman–Crippen MR) is 161 cm³/mol. The fraction of sp³-hybridized carbons (Fsp3) is 0.152. The smallest absolute Gasteiger partial charge is 0.258 e. The first kappa shape index (κ1) is 24.6. The van der Waals surface area contributed by atoms with Crippen LogP contribution in [0.15, 0.2) is 107 Å². The number of nitrogens with one attached hydrogen (secondary N) is 1. The highest BCUT2D eigenvalue weighted by molar-refractivity contribution is 6.03. The number of aliphatic imine (C=N–C) groups is 1. The van der Waals surface area contributed by atoms with E-state index in [2.05, 4.69) is 69.3 Å². The third-order valence-corrected chi connectivity index (χ3v) is 7.41. The monoisotopic (exact) mass is 514 g/mol. The fourth-order valence-electron chi connectivity index (χ4n) is 5.11. The molecule has 0 bridgehead atoms. The number of aromatic amines is 1. The number of H-pyrrole nitrogens is 1. The number of hydrogen-bond acceptors (Lipinski definition) is 5. The highest BCUT2D eigenvalue weighted by atomic mass is 16.3. The molecule has 6 rings (SSSR count). The lowest BCUT2D eigenvalue weighted by Crippen LogP contribution is -2.44. The lowest BCUT2D eigenvalue weighted by molar-refractivity contribution is 0.313. The number of nitrogens with zero attached hydrogens (tertiary/aromatic N) is 3. The maximum absolute atomic E-state index is 12.7. The Morgan fingerprint density at radius 2 is 1.41 bits per heavy atom. The lowest BCUT2D eigenvalue weighted by Gasteiger charge is -2.34. The van der Waals surface area contributed by atoms with Crippen molar-refractivity contribution < 1.29 is 5.11 Å². The number of aromatic nitrogens is 1. The molecule has 1 aliphatic rings. The van der Waals surface area contributed by atoms with Gasteiger partial charge in [0.05, 0.1) is 11.3 Å². The molecule has 0 radical (unpaired) electrons. The molecule has 0 aliphatic carbocycles. The van der Waals surface area contributed by atoms with Gasteiger partial charge in [-0.3, -0.25) is 14.8 Å². The first-order valence-corrected chi connectivity index (χ1v) is 13.2. The standard InChI is InChI=1S/C33H30N4O2/c1-36-16-18-37(19-17-36)28-13-11-27(12-14-28)34-22-31-30-21-26(10-15-29(30)32(38)35-33(31)39)25-9-5-8-24(20-25)23-6-3-2-4-7-23/h2-15,20-22H,16-19H2,1H3,(H2,35,38,39). The van der Waals surface area contributed by atoms with Crippen molar-refractivity contribution in [2.75, 3.05) is 38.1 Å². The molecule has 1 saturated heterocycles. The molecule has 1 aliphatic heterocycles. The Hall–Kier alpha value is -4.68. The number of anilines is 1. The average Bonchev–Trinajstić information content (AvgIpc) is 2.98. The Morgan fingerprint density at radius 1 is 0.744 bits per heavy atom. The van der Waals surface area contributed by atoms with Crippen LogP contribution in [0, 0.1) is 0 Å². The van der Waals surface area contributed by atoms with E-state index in [9.17, 15) is 9.90 Å². The van der Waals surface area contributed by atoms with Gasteiger partial charge in [0.25, 0.3) is 5.56 Å². The summed E-state index contributed by atoms with van der Waals surface area (Å²) in [6.07, 6.45) is 1.63. The molecule has 0 saturated carbocycles. The Bertz CT molecular complexity index is 1700. The minimum absolute atomic E-state index is 0.194. The van der Waals surface area contributed by atoms with Crippen LogP contribution in [-0.4, -0.2) is 54.4 Å². The highest BCUT2D eigenvalue weighted by Gasteiger charge is 2.14. The van der Waals surface area contributed by atoms with Crippen LogP contribution in [-0.2, 0) is 0 Å². The van der Waals surface area contributed by atoms with Crippen molar-refractivity contribution in [1.29, 1.82) is 0 Å². The van der Waals surface area contributed by atoms with Crippen molar-refractivity contribution >= 4 is 28.4 Å². The van der Waals surface area contributed by atoms with Gasteiger partial charge in [-0.25, -0.2) is 0 Å². The SMILES string of the molecule is CN1CCN(c2ccc(N=Cc3c(O)[nH]c(=O)c4ccc(-c5cccc(-c6ccccc6)c5)cc34)cc2)CC1. The van der Waals surface area contributed by atoms with Crippen LogP contribution in [0.3, 0.4) is 0 Å². The average molecular weight is 515 g/mol. The van der Waals surface area contributed by atoms with E-state index in [-0.39, 0.29) is 11.4 Å². The number of aromatic hydroxyl groups is 1. The van der Waals surface area contributed by atoms with E-state index in [4.69, 9.17) is 0 Å². The maximum Gasteiger partial charge on any atom is 0.258 e. The normalized spacial score (nSPS) is 14.3. The van der Waals surface area contributed by atoms with Gasteiger partial charge in [0, 0.05) is 48.9 Å². The van der Waals surface area contributed by atoms with Gasteiger partial charge in [0.2, 0.25) is 5.88 Å². The summed E-state index contributed by atoms with van der Waals surface area (Å²) < 4.78 is 0. The third-order valence-electron chi connectivity index (χ3n) is 7.41. The minimum Gasteiger partial charge on any atom is -0.494 e. The largest absolute Gasteiger partial charge is 0.494 e. The number of piperazine rings is 1. The molecule has 194 valence electrons. The number of pyridine rings is 1. The van der Waals surface area contributed by atoms with Crippen LogP contribution >= 0.6 is 0 Å². The first-order valence-electron chi connectivity index (χ1n) is 13.2. The zero-order chi connectivity index (χ0) is 26.8. The second-order valence-corrected chi connectivity index (χ2v) is 9.99. The van der Waals surface area contributed by atoms with Gasteiger partial charge >= 0.3 is 0 Å². The summed E-state index contributed by atoms with van der Waals surface area (Å²) in [7, 11) is 2.15. The molecule has 39 heavy (non-hydrogen) atoms. The van der Waals surface area contributed by atoms with Crippen LogP contribution in [0.5, 0.6) is 5.88 Å². The van der Waals surface area contributed by atoms with Crippen LogP contribution in [0.2, 0.25) is 0 Å². The molecule has 4 aromatic carbocycles. The molecule has 0 unspecified atom stereocenters. The Labute approximate surface area is 227 Å². The molecule has 0 spiro atoms. The minimum atomic E-state index is -0.333. The van der Waals surface area contributed by atoms with E-state index in [0.29, 0.717) is 16.3 Å². The van der Waals surface area contributed by atoms with Gasteiger partial charge in [0.1, 0.15) is 0 Å². The second kappa shape index (κ2) is 10.6. The Balaban J connectivity index is 1.33. The van der Waals surface area contributed by atoms with Gasteiger partial charge in [-0.15, -0.1) is 0 Å². The Morgan fingerprint density at radius 3 is 2.15 bits per heavy atom. The van der Waals surface area contributed by atoms with Crippen LogP contribution in [0.1, 0.15) is 5.56 Å². The van der Waals surface area contributed by atoms with Crippen LogP contribution in [0.4, 0.5) is 11.4 Å². The Kier molecular flexibility index (Phi) is 6.69. The van der Waals surface area contributed by atoms with E-state index in [1.165, 1.54) is 5.69 Å². The molecule has 2 N–H and O–H groups in total. The molecule has 2 heterocycles.